The predicted octanol–water partition coefficient (Wildman–Crippen LogP) is 2.96. The highest BCUT2D eigenvalue weighted by Gasteiger charge is 2.16. The summed E-state index contributed by atoms with van der Waals surface area (Å²) in [7, 11) is 1.65. The normalized spacial score (nSPS) is 19.9. The monoisotopic (exact) mass is 261 g/mol. The lowest BCUT2D eigenvalue weighted by Crippen LogP contribution is -2.24. The van der Waals surface area contributed by atoms with Gasteiger partial charge in [0.15, 0.2) is 0 Å². The highest BCUT2D eigenvalue weighted by Crippen LogP contribution is 2.25. The molecular weight excluding hydrogens is 238 g/mol. The lowest BCUT2D eigenvalue weighted by atomic mass is 10.1. The summed E-state index contributed by atoms with van der Waals surface area (Å²) in [5, 5.41) is 9.73. The molecule has 0 bridgehead atoms. The second kappa shape index (κ2) is 6.11. The Kier molecular flexibility index (Phi) is 4.48. The summed E-state index contributed by atoms with van der Waals surface area (Å²) in [5.74, 6) is 0.694. The highest BCUT2D eigenvalue weighted by molar-refractivity contribution is 5.64. The summed E-state index contributed by atoms with van der Waals surface area (Å²) in [4.78, 5) is 2.34. The Morgan fingerprint density at radius 2 is 2.11 bits per heavy atom. The van der Waals surface area contributed by atoms with Gasteiger partial charge in [0.2, 0.25) is 0 Å². The van der Waals surface area contributed by atoms with Crippen molar-refractivity contribution in [1.82, 2.24) is 0 Å². The summed E-state index contributed by atoms with van der Waals surface area (Å²) < 4.78 is 5.22. The van der Waals surface area contributed by atoms with Gasteiger partial charge in [0.05, 0.1) is 13.2 Å². The summed E-state index contributed by atoms with van der Waals surface area (Å²) >= 11 is 0. The van der Waals surface area contributed by atoms with E-state index in [4.69, 9.17) is 4.74 Å². The molecule has 1 aliphatic heterocycles. The number of aliphatic hydroxyl groups excluding tert-OH is 1. The fraction of sp³-hybridized carbons (Fsp3) is 0.500. The molecule has 3 nitrogen and oxygen atoms in total. The van der Waals surface area contributed by atoms with Crippen molar-refractivity contribution in [3.05, 3.63) is 35.9 Å². The van der Waals surface area contributed by atoms with Gasteiger partial charge in [-0.1, -0.05) is 6.58 Å². The largest absolute Gasteiger partial charge is 0.497 e. The minimum atomic E-state index is -0.150. The molecule has 0 amide bonds. The maximum absolute atomic E-state index is 9.73. The van der Waals surface area contributed by atoms with E-state index in [-0.39, 0.29) is 6.10 Å². The quantitative estimate of drug-likeness (QED) is 0.849. The lowest BCUT2D eigenvalue weighted by molar-refractivity contribution is 0.161. The molecule has 1 aliphatic rings. The van der Waals surface area contributed by atoms with Gasteiger partial charge >= 0.3 is 0 Å². The van der Waals surface area contributed by atoms with E-state index in [0.717, 1.165) is 37.9 Å². The third-order valence-electron chi connectivity index (χ3n) is 3.69. The number of rotatable bonds is 3. The minimum absolute atomic E-state index is 0.150. The Morgan fingerprint density at radius 1 is 1.32 bits per heavy atom. The number of nitrogens with zero attached hydrogens (tertiary/aromatic N) is 1. The highest BCUT2D eigenvalue weighted by atomic mass is 16.5. The van der Waals surface area contributed by atoms with Crippen molar-refractivity contribution >= 4 is 11.4 Å². The van der Waals surface area contributed by atoms with Crippen molar-refractivity contribution in [1.29, 1.82) is 0 Å². The summed E-state index contributed by atoms with van der Waals surface area (Å²) in [6, 6.07) is 6.39. The first-order valence-corrected chi connectivity index (χ1v) is 6.88. The molecule has 2 rings (SSSR count). The Labute approximate surface area is 115 Å². The number of hydrogen-bond donors (Lipinski definition) is 1. The molecule has 3 heteroatoms. The zero-order valence-electron chi connectivity index (χ0n) is 11.9. The first-order valence-electron chi connectivity index (χ1n) is 6.88. The Balaban J connectivity index is 2.23. The molecule has 19 heavy (non-hydrogen) atoms. The molecule has 0 aromatic heterocycles. The van der Waals surface area contributed by atoms with Crippen LogP contribution in [0.2, 0.25) is 0 Å². The van der Waals surface area contributed by atoms with Crippen molar-refractivity contribution in [3.8, 4) is 0 Å². The van der Waals surface area contributed by atoms with E-state index in [1.54, 1.807) is 7.11 Å². The number of benzene rings is 1. The molecule has 0 aliphatic carbocycles. The zero-order chi connectivity index (χ0) is 13.8. The molecule has 1 atom stereocenters. The number of aliphatic hydroxyl groups is 1. The van der Waals surface area contributed by atoms with Crippen LogP contribution in [-0.4, -0.2) is 31.4 Å². The van der Waals surface area contributed by atoms with Gasteiger partial charge in [-0.05, 0) is 49.9 Å². The van der Waals surface area contributed by atoms with E-state index in [2.05, 4.69) is 36.6 Å². The smallest absolute Gasteiger partial charge is 0.119 e. The van der Waals surface area contributed by atoms with Gasteiger partial charge < -0.3 is 14.7 Å². The number of methoxy groups -OCH3 is 1. The van der Waals surface area contributed by atoms with Gasteiger partial charge in [0.25, 0.3) is 0 Å². The van der Waals surface area contributed by atoms with Crippen LogP contribution in [0.15, 0.2) is 24.8 Å². The molecule has 104 valence electrons. The van der Waals surface area contributed by atoms with Crippen molar-refractivity contribution in [2.45, 2.75) is 32.3 Å². The van der Waals surface area contributed by atoms with Gasteiger partial charge in [-0.2, -0.15) is 0 Å². The molecule has 1 aromatic carbocycles. The summed E-state index contributed by atoms with van der Waals surface area (Å²) in [6.07, 6.45) is 2.63. The lowest BCUT2D eigenvalue weighted by Gasteiger charge is -2.24. The Hall–Kier alpha value is -1.48. The topological polar surface area (TPSA) is 32.7 Å². The van der Waals surface area contributed by atoms with Crippen molar-refractivity contribution in [2.24, 2.45) is 0 Å². The molecule has 0 spiro atoms. The Bertz CT molecular complexity index is 456. The third kappa shape index (κ3) is 3.51. The van der Waals surface area contributed by atoms with Gasteiger partial charge in [0, 0.05) is 24.3 Å². The number of hydrogen-bond acceptors (Lipinski definition) is 3. The van der Waals surface area contributed by atoms with Crippen LogP contribution in [0.5, 0.6) is 0 Å². The molecule has 1 fully saturated rings. The Morgan fingerprint density at radius 3 is 2.84 bits per heavy atom. The third-order valence-corrected chi connectivity index (χ3v) is 3.69. The van der Waals surface area contributed by atoms with Crippen LogP contribution in [0.4, 0.5) is 5.69 Å². The van der Waals surface area contributed by atoms with Crippen LogP contribution < -0.4 is 4.90 Å². The SMILES string of the molecule is C=C(OC)c1cc(C)cc(N2CCCC(O)CC2)c1. The maximum atomic E-state index is 9.73. The van der Waals surface area contributed by atoms with Crippen molar-refractivity contribution < 1.29 is 9.84 Å². The number of anilines is 1. The maximum Gasteiger partial charge on any atom is 0.119 e. The first kappa shape index (κ1) is 13.9. The van der Waals surface area contributed by atoms with Gasteiger partial charge in [-0.25, -0.2) is 0 Å². The minimum Gasteiger partial charge on any atom is -0.497 e. The van der Waals surface area contributed by atoms with Crippen LogP contribution in [0.3, 0.4) is 0 Å². The molecular formula is C16H23NO2. The van der Waals surface area contributed by atoms with E-state index >= 15 is 0 Å². The molecule has 0 radical (unpaired) electrons. The fourth-order valence-corrected chi connectivity index (χ4v) is 2.56. The van der Waals surface area contributed by atoms with Crippen LogP contribution in [0, 0.1) is 6.92 Å². The number of ether oxygens (including phenoxy) is 1. The van der Waals surface area contributed by atoms with E-state index in [1.807, 2.05) is 0 Å². The van der Waals surface area contributed by atoms with Crippen LogP contribution >= 0.6 is 0 Å². The van der Waals surface area contributed by atoms with E-state index in [1.165, 1.54) is 11.3 Å². The van der Waals surface area contributed by atoms with E-state index < -0.39 is 0 Å². The van der Waals surface area contributed by atoms with E-state index in [9.17, 15) is 5.11 Å². The molecule has 1 saturated heterocycles. The first-order chi connectivity index (χ1) is 9.10. The van der Waals surface area contributed by atoms with Gasteiger partial charge in [-0.15, -0.1) is 0 Å². The van der Waals surface area contributed by atoms with E-state index in [0.29, 0.717) is 5.76 Å². The van der Waals surface area contributed by atoms with Crippen LogP contribution in [0.25, 0.3) is 5.76 Å². The summed E-state index contributed by atoms with van der Waals surface area (Å²) in [6.45, 7) is 7.91. The molecule has 0 saturated carbocycles. The molecule has 1 N–H and O–H groups in total. The molecule has 1 aromatic rings. The van der Waals surface area contributed by atoms with Gasteiger partial charge in [-0.3, -0.25) is 0 Å². The van der Waals surface area contributed by atoms with Gasteiger partial charge in [0.1, 0.15) is 5.76 Å². The molecule has 1 unspecified atom stereocenters. The van der Waals surface area contributed by atoms with Crippen LogP contribution in [-0.2, 0) is 4.74 Å². The van der Waals surface area contributed by atoms with Crippen LogP contribution in [0.1, 0.15) is 30.4 Å². The average molecular weight is 261 g/mol. The fourth-order valence-electron chi connectivity index (χ4n) is 2.56. The second-order valence-electron chi connectivity index (χ2n) is 5.26. The predicted molar refractivity (Wildman–Crippen MR) is 79.3 cm³/mol. The number of aryl methyl sites for hydroxylation is 1. The van der Waals surface area contributed by atoms with Crippen molar-refractivity contribution in [2.75, 3.05) is 25.1 Å². The molecule has 1 heterocycles. The second-order valence-corrected chi connectivity index (χ2v) is 5.26. The summed E-state index contributed by atoms with van der Waals surface area (Å²) in [5.41, 5.74) is 3.43. The average Bonchev–Trinajstić information content (AvgIpc) is 2.62. The zero-order valence-corrected chi connectivity index (χ0v) is 11.9. The van der Waals surface area contributed by atoms with Crippen molar-refractivity contribution in [3.63, 3.8) is 0 Å². The standard InChI is InChI=1S/C16H23NO2/c1-12-9-14(13(2)19-3)11-15(10-12)17-7-4-5-16(18)6-8-17/h9-11,16,18H,2,4-8H2,1,3H3.